The molecule has 6 heteroatoms. The number of amides is 1. The highest BCUT2D eigenvalue weighted by Gasteiger charge is 2.24. The van der Waals surface area contributed by atoms with Crippen molar-refractivity contribution in [1.82, 2.24) is 5.32 Å². The van der Waals surface area contributed by atoms with Crippen LogP contribution in [0, 0.1) is 5.82 Å². The molecule has 104 valence electrons. The van der Waals surface area contributed by atoms with Crippen molar-refractivity contribution in [2.75, 3.05) is 25.1 Å². The average Bonchev–Trinajstić information content (AvgIpc) is 2.86. The Labute approximate surface area is 111 Å². The molecule has 0 radical (unpaired) electrons. The van der Waals surface area contributed by atoms with Gasteiger partial charge in [-0.25, -0.2) is 9.18 Å². The topological polar surface area (TPSA) is 67.6 Å². The summed E-state index contributed by atoms with van der Waals surface area (Å²) in [6.45, 7) is 1.72. The Morgan fingerprint density at radius 3 is 3.05 bits per heavy atom. The van der Waals surface area contributed by atoms with Crippen LogP contribution in [0.2, 0.25) is 0 Å². The average molecular weight is 267 g/mol. The number of nitrogens with two attached hydrogens (primary N) is 1. The van der Waals surface area contributed by atoms with Crippen molar-refractivity contribution in [1.29, 1.82) is 0 Å². The number of rotatable bonds is 3. The van der Waals surface area contributed by atoms with E-state index in [1.165, 1.54) is 19.2 Å². The molecule has 3 N–H and O–H groups in total. The second-order valence-corrected chi connectivity index (χ2v) is 4.59. The van der Waals surface area contributed by atoms with E-state index in [1.54, 1.807) is 0 Å². The predicted octanol–water partition coefficient (Wildman–Crippen LogP) is 1.22. The molecular weight excluding hydrogens is 249 g/mol. The number of alkyl carbamates (subject to hydrolysis) is 1. The standard InChI is InChI=1S/C13H18FN3O2/c1-19-13(18)16-11-2-3-17(8-11)12-5-9(7-15)4-10(14)6-12/h4-6,11H,2-3,7-8,15H2,1H3,(H,16,18). The molecule has 1 heterocycles. The van der Waals surface area contributed by atoms with E-state index < -0.39 is 6.09 Å². The van der Waals surface area contributed by atoms with Crippen LogP contribution >= 0.6 is 0 Å². The lowest BCUT2D eigenvalue weighted by atomic mass is 10.2. The minimum atomic E-state index is -0.436. The maximum atomic E-state index is 13.5. The number of nitrogens with one attached hydrogen (secondary N) is 1. The van der Waals surface area contributed by atoms with Crippen molar-refractivity contribution in [3.05, 3.63) is 29.6 Å². The first-order chi connectivity index (χ1) is 9.12. The Morgan fingerprint density at radius 1 is 1.58 bits per heavy atom. The van der Waals surface area contributed by atoms with E-state index in [0.29, 0.717) is 13.1 Å². The van der Waals surface area contributed by atoms with Crippen molar-refractivity contribution in [3.8, 4) is 0 Å². The number of benzene rings is 1. The molecule has 19 heavy (non-hydrogen) atoms. The highest BCUT2D eigenvalue weighted by Crippen LogP contribution is 2.23. The van der Waals surface area contributed by atoms with Crippen molar-refractivity contribution >= 4 is 11.8 Å². The monoisotopic (exact) mass is 267 g/mol. The van der Waals surface area contributed by atoms with Gasteiger partial charge in [0.25, 0.3) is 0 Å². The third-order valence-corrected chi connectivity index (χ3v) is 3.24. The molecule has 1 unspecified atom stereocenters. The molecule has 0 aromatic heterocycles. The van der Waals surface area contributed by atoms with Crippen LogP contribution in [-0.2, 0) is 11.3 Å². The van der Waals surface area contributed by atoms with Gasteiger partial charge in [0.2, 0.25) is 0 Å². The molecule has 1 saturated heterocycles. The summed E-state index contributed by atoms with van der Waals surface area (Å²) in [5, 5.41) is 2.75. The zero-order valence-corrected chi connectivity index (χ0v) is 10.9. The van der Waals surface area contributed by atoms with Crippen molar-refractivity contribution in [2.45, 2.75) is 19.0 Å². The van der Waals surface area contributed by atoms with Crippen LogP contribution in [0.3, 0.4) is 0 Å². The summed E-state index contributed by atoms with van der Waals surface area (Å²) < 4.78 is 18.0. The maximum absolute atomic E-state index is 13.5. The van der Waals surface area contributed by atoms with E-state index in [0.717, 1.165) is 24.2 Å². The summed E-state index contributed by atoms with van der Waals surface area (Å²) in [7, 11) is 1.34. The van der Waals surface area contributed by atoms with Crippen molar-refractivity contribution in [2.24, 2.45) is 5.73 Å². The predicted molar refractivity (Wildman–Crippen MR) is 70.5 cm³/mol. The summed E-state index contributed by atoms with van der Waals surface area (Å²) in [6, 6.07) is 4.82. The number of halogens is 1. The fourth-order valence-electron chi connectivity index (χ4n) is 2.27. The third kappa shape index (κ3) is 3.35. The molecular formula is C13H18FN3O2. The largest absolute Gasteiger partial charge is 0.453 e. The van der Waals surface area contributed by atoms with Gasteiger partial charge in [0.1, 0.15) is 5.82 Å². The maximum Gasteiger partial charge on any atom is 0.407 e. The van der Waals surface area contributed by atoms with Crippen LogP contribution in [0.5, 0.6) is 0 Å². The van der Waals surface area contributed by atoms with Gasteiger partial charge in [-0.1, -0.05) is 0 Å². The molecule has 0 aliphatic carbocycles. The number of hydrogen-bond acceptors (Lipinski definition) is 4. The van der Waals surface area contributed by atoms with Gasteiger partial charge in [-0.3, -0.25) is 0 Å². The first-order valence-electron chi connectivity index (χ1n) is 6.21. The fraction of sp³-hybridized carbons (Fsp3) is 0.462. The molecule has 1 aromatic carbocycles. The molecule has 0 bridgehead atoms. The number of anilines is 1. The van der Waals surface area contributed by atoms with E-state index >= 15 is 0 Å². The number of nitrogens with zero attached hydrogens (tertiary/aromatic N) is 1. The van der Waals surface area contributed by atoms with Crippen LogP contribution in [-0.4, -0.2) is 32.3 Å². The van der Waals surface area contributed by atoms with Gasteiger partial charge in [-0.05, 0) is 30.2 Å². The normalized spacial score (nSPS) is 18.5. The molecule has 1 atom stereocenters. The Hall–Kier alpha value is -1.82. The van der Waals surface area contributed by atoms with Crippen LogP contribution in [0.4, 0.5) is 14.9 Å². The molecule has 1 amide bonds. The lowest BCUT2D eigenvalue weighted by Gasteiger charge is -2.19. The third-order valence-electron chi connectivity index (χ3n) is 3.24. The van der Waals surface area contributed by atoms with Gasteiger partial charge in [0, 0.05) is 25.3 Å². The summed E-state index contributed by atoms with van der Waals surface area (Å²) in [4.78, 5) is 13.2. The van der Waals surface area contributed by atoms with E-state index in [9.17, 15) is 9.18 Å². The van der Waals surface area contributed by atoms with Gasteiger partial charge < -0.3 is 20.7 Å². The summed E-state index contributed by atoms with van der Waals surface area (Å²) in [5.41, 5.74) is 7.10. The van der Waals surface area contributed by atoms with Gasteiger partial charge in [-0.15, -0.1) is 0 Å². The van der Waals surface area contributed by atoms with Gasteiger partial charge >= 0.3 is 6.09 Å². The van der Waals surface area contributed by atoms with Gasteiger partial charge in [0.15, 0.2) is 0 Å². The zero-order chi connectivity index (χ0) is 13.8. The number of hydrogen-bond donors (Lipinski definition) is 2. The highest BCUT2D eigenvalue weighted by molar-refractivity contribution is 5.67. The van der Waals surface area contributed by atoms with Gasteiger partial charge in [0.05, 0.1) is 13.2 Å². The SMILES string of the molecule is COC(=O)NC1CCN(c2cc(F)cc(CN)c2)C1. The Kier molecular flexibility index (Phi) is 4.21. The molecule has 1 aliphatic rings. The van der Waals surface area contributed by atoms with Crippen LogP contribution in [0.1, 0.15) is 12.0 Å². The molecule has 1 fully saturated rings. The number of carbonyl (C=O) groups is 1. The van der Waals surface area contributed by atoms with Crippen molar-refractivity contribution < 1.29 is 13.9 Å². The fourth-order valence-corrected chi connectivity index (χ4v) is 2.27. The quantitative estimate of drug-likeness (QED) is 0.864. The molecule has 1 aromatic rings. The molecule has 1 aliphatic heterocycles. The second kappa shape index (κ2) is 5.88. The molecule has 0 saturated carbocycles. The van der Waals surface area contributed by atoms with E-state index in [1.807, 2.05) is 11.0 Å². The highest BCUT2D eigenvalue weighted by atomic mass is 19.1. The van der Waals surface area contributed by atoms with Gasteiger partial charge in [-0.2, -0.15) is 0 Å². The number of ether oxygens (including phenoxy) is 1. The van der Waals surface area contributed by atoms with E-state index in [2.05, 4.69) is 10.1 Å². The Morgan fingerprint density at radius 2 is 2.37 bits per heavy atom. The molecule has 0 spiro atoms. The van der Waals surface area contributed by atoms with Crippen molar-refractivity contribution in [3.63, 3.8) is 0 Å². The van der Waals surface area contributed by atoms with Crippen LogP contribution < -0.4 is 16.0 Å². The smallest absolute Gasteiger partial charge is 0.407 e. The van der Waals surface area contributed by atoms with Crippen LogP contribution in [0.15, 0.2) is 18.2 Å². The molecule has 2 rings (SSSR count). The lowest BCUT2D eigenvalue weighted by molar-refractivity contribution is 0.167. The molecule has 5 nitrogen and oxygen atoms in total. The first kappa shape index (κ1) is 13.6. The zero-order valence-electron chi connectivity index (χ0n) is 10.9. The lowest BCUT2D eigenvalue weighted by Crippen LogP contribution is -2.37. The first-order valence-corrected chi connectivity index (χ1v) is 6.21. The minimum absolute atomic E-state index is 0.0250. The summed E-state index contributed by atoms with van der Waals surface area (Å²) >= 11 is 0. The van der Waals surface area contributed by atoms with Crippen LogP contribution in [0.25, 0.3) is 0 Å². The Bertz CT molecular complexity index is 467. The summed E-state index contributed by atoms with van der Waals surface area (Å²) in [6.07, 6.45) is 0.373. The summed E-state index contributed by atoms with van der Waals surface area (Å²) in [5.74, 6) is -0.290. The second-order valence-electron chi connectivity index (χ2n) is 4.59. The van der Waals surface area contributed by atoms with E-state index in [4.69, 9.17) is 5.73 Å². The number of methoxy groups -OCH3 is 1. The van der Waals surface area contributed by atoms with E-state index in [-0.39, 0.29) is 11.9 Å². The Balaban J connectivity index is 2.04. The minimum Gasteiger partial charge on any atom is -0.453 e. The number of carbonyl (C=O) groups excluding carboxylic acids is 1.